The molecule has 0 radical (unpaired) electrons. The predicted octanol–water partition coefficient (Wildman–Crippen LogP) is 2.67. The van der Waals surface area contributed by atoms with Gasteiger partial charge in [0.25, 0.3) is 0 Å². The van der Waals surface area contributed by atoms with Gasteiger partial charge in [0.15, 0.2) is 12.0 Å². The van der Waals surface area contributed by atoms with Crippen LogP contribution in [0.2, 0.25) is 0 Å². The molecule has 2 rings (SSSR count). The molecular formula is C12H10O3. The maximum atomic E-state index is 10.6. The summed E-state index contributed by atoms with van der Waals surface area (Å²) in [6, 6.07) is 11.2. The molecule has 0 N–H and O–H groups in total. The van der Waals surface area contributed by atoms with Crippen molar-refractivity contribution in [1.82, 2.24) is 0 Å². The fourth-order valence-corrected chi connectivity index (χ4v) is 1.25. The SMILES string of the molecule is O=Cc1occc1COc1ccccc1. The predicted molar refractivity (Wildman–Crippen MR) is 54.9 cm³/mol. The van der Waals surface area contributed by atoms with Crippen LogP contribution in [0.3, 0.4) is 0 Å². The quantitative estimate of drug-likeness (QED) is 0.715. The van der Waals surface area contributed by atoms with Crippen LogP contribution >= 0.6 is 0 Å². The van der Waals surface area contributed by atoms with E-state index in [4.69, 9.17) is 9.15 Å². The second-order valence-corrected chi connectivity index (χ2v) is 3.03. The molecule has 76 valence electrons. The topological polar surface area (TPSA) is 39.4 Å². The van der Waals surface area contributed by atoms with Crippen molar-refractivity contribution in [2.75, 3.05) is 0 Å². The molecule has 0 aliphatic carbocycles. The molecule has 3 nitrogen and oxygen atoms in total. The lowest BCUT2D eigenvalue weighted by atomic mass is 10.3. The maximum absolute atomic E-state index is 10.6. The Morgan fingerprint density at radius 1 is 1.20 bits per heavy atom. The van der Waals surface area contributed by atoms with E-state index in [0.717, 1.165) is 11.3 Å². The van der Waals surface area contributed by atoms with Crippen molar-refractivity contribution in [2.24, 2.45) is 0 Å². The van der Waals surface area contributed by atoms with Gasteiger partial charge in [-0.1, -0.05) is 18.2 Å². The molecule has 0 aliphatic rings. The smallest absolute Gasteiger partial charge is 0.185 e. The van der Waals surface area contributed by atoms with Crippen molar-refractivity contribution in [2.45, 2.75) is 6.61 Å². The van der Waals surface area contributed by atoms with Crippen LogP contribution in [-0.2, 0) is 6.61 Å². The van der Waals surface area contributed by atoms with Gasteiger partial charge in [-0.25, -0.2) is 0 Å². The number of ether oxygens (including phenoxy) is 1. The summed E-state index contributed by atoms with van der Waals surface area (Å²) in [5, 5.41) is 0. The number of carbonyl (C=O) groups is 1. The molecule has 0 unspecified atom stereocenters. The van der Waals surface area contributed by atoms with Crippen LogP contribution in [0.15, 0.2) is 47.1 Å². The zero-order valence-corrected chi connectivity index (χ0v) is 8.05. The molecule has 1 heterocycles. The van der Waals surface area contributed by atoms with Gasteiger partial charge >= 0.3 is 0 Å². The van der Waals surface area contributed by atoms with E-state index in [1.54, 1.807) is 6.07 Å². The minimum absolute atomic E-state index is 0.325. The number of furan rings is 1. The first-order chi connectivity index (χ1) is 7.40. The Labute approximate surface area is 87.3 Å². The van der Waals surface area contributed by atoms with Crippen LogP contribution in [0.5, 0.6) is 5.75 Å². The molecule has 0 aliphatic heterocycles. The first-order valence-corrected chi connectivity index (χ1v) is 4.59. The molecule has 0 saturated heterocycles. The highest BCUT2D eigenvalue weighted by molar-refractivity contribution is 5.72. The van der Waals surface area contributed by atoms with E-state index >= 15 is 0 Å². The van der Waals surface area contributed by atoms with Crippen molar-refractivity contribution in [3.05, 3.63) is 54.0 Å². The molecule has 0 fully saturated rings. The van der Waals surface area contributed by atoms with Gasteiger partial charge in [-0.2, -0.15) is 0 Å². The fourth-order valence-electron chi connectivity index (χ4n) is 1.25. The second-order valence-electron chi connectivity index (χ2n) is 3.03. The summed E-state index contributed by atoms with van der Waals surface area (Å²) in [5.41, 5.74) is 0.758. The standard InChI is InChI=1S/C12H10O3/c13-8-12-10(6-7-14-12)9-15-11-4-2-1-3-5-11/h1-8H,9H2. The lowest BCUT2D eigenvalue weighted by molar-refractivity contribution is 0.109. The Bertz CT molecular complexity index is 431. The second kappa shape index (κ2) is 4.46. The summed E-state index contributed by atoms with van der Waals surface area (Å²) in [4.78, 5) is 10.6. The minimum Gasteiger partial charge on any atom is -0.489 e. The molecule has 1 aromatic heterocycles. The molecule has 1 aromatic carbocycles. The molecule has 0 amide bonds. The summed E-state index contributed by atoms with van der Waals surface area (Å²) in [6.45, 7) is 0.342. The van der Waals surface area contributed by atoms with Crippen LogP contribution in [0, 0.1) is 0 Å². The Morgan fingerprint density at radius 2 is 2.00 bits per heavy atom. The third-order valence-electron chi connectivity index (χ3n) is 2.03. The Balaban J connectivity index is 2.02. The van der Waals surface area contributed by atoms with Gasteiger partial charge < -0.3 is 9.15 Å². The molecule has 2 aromatic rings. The van der Waals surface area contributed by atoms with Gasteiger partial charge in [-0.15, -0.1) is 0 Å². The van der Waals surface area contributed by atoms with Crippen LogP contribution in [0.4, 0.5) is 0 Å². The van der Waals surface area contributed by atoms with E-state index in [1.807, 2.05) is 30.3 Å². The zero-order chi connectivity index (χ0) is 10.5. The van der Waals surface area contributed by atoms with Gasteiger partial charge in [-0.05, 0) is 18.2 Å². The first kappa shape index (κ1) is 9.52. The van der Waals surface area contributed by atoms with Crippen LogP contribution in [0.1, 0.15) is 16.1 Å². The van der Waals surface area contributed by atoms with Crippen molar-refractivity contribution >= 4 is 6.29 Å². The molecule has 0 bridgehead atoms. The average Bonchev–Trinajstić information content (AvgIpc) is 2.75. The average molecular weight is 202 g/mol. The highest BCUT2D eigenvalue weighted by Crippen LogP contribution is 2.14. The van der Waals surface area contributed by atoms with Crippen LogP contribution < -0.4 is 4.74 Å². The van der Waals surface area contributed by atoms with Crippen LogP contribution in [0.25, 0.3) is 0 Å². The van der Waals surface area contributed by atoms with E-state index in [0.29, 0.717) is 18.7 Å². The number of carbonyl (C=O) groups excluding carboxylic acids is 1. The zero-order valence-electron chi connectivity index (χ0n) is 8.05. The largest absolute Gasteiger partial charge is 0.489 e. The van der Waals surface area contributed by atoms with Crippen LogP contribution in [-0.4, -0.2) is 6.29 Å². The maximum Gasteiger partial charge on any atom is 0.185 e. The number of hydrogen-bond acceptors (Lipinski definition) is 3. The summed E-state index contributed by atoms with van der Waals surface area (Å²) in [6.07, 6.45) is 2.16. The third kappa shape index (κ3) is 2.26. The fraction of sp³-hybridized carbons (Fsp3) is 0.0833. The number of aldehydes is 1. The highest BCUT2D eigenvalue weighted by atomic mass is 16.5. The van der Waals surface area contributed by atoms with E-state index in [9.17, 15) is 4.79 Å². The molecule has 0 saturated carbocycles. The number of hydrogen-bond donors (Lipinski definition) is 0. The molecule has 0 spiro atoms. The Morgan fingerprint density at radius 3 is 2.73 bits per heavy atom. The van der Waals surface area contributed by atoms with Crippen molar-refractivity contribution in [3.63, 3.8) is 0 Å². The van der Waals surface area contributed by atoms with Gasteiger partial charge in [0.05, 0.1) is 6.26 Å². The number of para-hydroxylation sites is 1. The summed E-state index contributed by atoms with van der Waals surface area (Å²) < 4.78 is 10.4. The molecular weight excluding hydrogens is 192 g/mol. The molecule has 15 heavy (non-hydrogen) atoms. The summed E-state index contributed by atoms with van der Waals surface area (Å²) in [5.74, 6) is 1.10. The lowest BCUT2D eigenvalue weighted by Crippen LogP contribution is -1.96. The van der Waals surface area contributed by atoms with E-state index in [1.165, 1.54) is 6.26 Å². The van der Waals surface area contributed by atoms with E-state index in [2.05, 4.69) is 0 Å². The summed E-state index contributed by atoms with van der Waals surface area (Å²) >= 11 is 0. The van der Waals surface area contributed by atoms with Crippen molar-refractivity contribution in [1.29, 1.82) is 0 Å². The first-order valence-electron chi connectivity index (χ1n) is 4.59. The summed E-state index contributed by atoms with van der Waals surface area (Å²) in [7, 11) is 0. The highest BCUT2D eigenvalue weighted by Gasteiger charge is 2.05. The lowest BCUT2D eigenvalue weighted by Gasteiger charge is -2.03. The monoisotopic (exact) mass is 202 g/mol. The van der Waals surface area contributed by atoms with E-state index < -0.39 is 0 Å². The Hall–Kier alpha value is -2.03. The third-order valence-corrected chi connectivity index (χ3v) is 2.03. The number of benzene rings is 1. The van der Waals surface area contributed by atoms with Gasteiger partial charge in [0.1, 0.15) is 12.4 Å². The number of rotatable bonds is 4. The normalized spacial score (nSPS) is 9.87. The molecule has 3 heteroatoms. The van der Waals surface area contributed by atoms with Gasteiger partial charge in [-0.3, -0.25) is 4.79 Å². The van der Waals surface area contributed by atoms with Gasteiger partial charge in [0.2, 0.25) is 0 Å². The van der Waals surface area contributed by atoms with Crippen molar-refractivity contribution in [3.8, 4) is 5.75 Å². The van der Waals surface area contributed by atoms with E-state index in [-0.39, 0.29) is 0 Å². The van der Waals surface area contributed by atoms with Gasteiger partial charge in [0, 0.05) is 5.56 Å². The minimum atomic E-state index is 0.325. The molecule has 0 atom stereocenters. The van der Waals surface area contributed by atoms with Crippen molar-refractivity contribution < 1.29 is 13.9 Å². The Kier molecular flexibility index (Phi) is 2.83.